The van der Waals surface area contributed by atoms with Crippen LogP contribution in [0, 0.1) is 0 Å². The number of para-hydroxylation sites is 1. The lowest BCUT2D eigenvalue weighted by atomic mass is 9.98. The van der Waals surface area contributed by atoms with E-state index in [0.29, 0.717) is 22.8 Å². The van der Waals surface area contributed by atoms with Gasteiger partial charge in [0.05, 0.1) is 12.3 Å². The molecule has 4 nitrogen and oxygen atoms in total. The monoisotopic (exact) mass is 634 g/mol. The van der Waals surface area contributed by atoms with E-state index in [-0.39, 0.29) is 68.6 Å². The Hall–Kier alpha value is -6.65. The molecule has 0 aliphatic carbocycles. The highest BCUT2D eigenvalue weighted by Crippen LogP contribution is 2.41. The van der Waals surface area contributed by atoms with Gasteiger partial charge in [-0.2, -0.15) is 0 Å². The molecule has 8 aromatic carbocycles. The van der Waals surface area contributed by atoms with Gasteiger partial charge in [-0.25, -0.2) is 15.0 Å². The topological polar surface area (TPSA) is 51.8 Å². The average Bonchev–Trinajstić information content (AvgIpc) is 3.62. The molecule has 2 heterocycles. The van der Waals surface area contributed by atoms with Gasteiger partial charge in [-0.1, -0.05) is 133 Å². The number of aromatic nitrogens is 3. The zero-order valence-electron chi connectivity index (χ0n) is 34.6. The highest BCUT2D eigenvalue weighted by atomic mass is 16.3. The molecule has 2 aromatic heterocycles. The second-order valence-electron chi connectivity index (χ2n) is 11.8. The summed E-state index contributed by atoms with van der Waals surface area (Å²) in [6.07, 6.45) is 0. The summed E-state index contributed by atoms with van der Waals surface area (Å²) in [5.74, 6) is 0.702. The van der Waals surface area contributed by atoms with Gasteiger partial charge in [0.1, 0.15) is 11.2 Å². The first-order valence-electron chi connectivity index (χ1n) is 20.2. The van der Waals surface area contributed by atoms with E-state index < -0.39 is 30.2 Å². The van der Waals surface area contributed by atoms with Gasteiger partial charge in [-0.15, -0.1) is 0 Å². The summed E-state index contributed by atoms with van der Waals surface area (Å²) in [7, 11) is 0. The van der Waals surface area contributed by atoms with E-state index >= 15 is 0 Å². The van der Waals surface area contributed by atoms with Crippen LogP contribution in [0.2, 0.25) is 0 Å². The van der Waals surface area contributed by atoms with Gasteiger partial charge in [-0.3, -0.25) is 0 Å². The minimum absolute atomic E-state index is 0.00979. The van der Waals surface area contributed by atoms with Crippen molar-refractivity contribution >= 4 is 54.3 Å². The average molecular weight is 635 g/mol. The third-order valence-corrected chi connectivity index (χ3v) is 8.91. The van der Waals surface area contributed by atoms with Crippen molar-refractivity contribution in [1.29, 1.82) is 0 Å². The Balaban J connectivity index is 1.32. The van der Waals surface area contributed by atoms with Crippen LogP contribution in [0.4, 0.5) is 0 Å². The molecule has 0 bridgehead atoms. The zero-order valence-corrected chi connectivity index (χ0v) is 25.6. The predicted octanol–water partition coefficient (Wildman–Crippen LogP) is 11.9. The third-order valence-electron chi connectivity index (χ3n) is 8.91. The summed E-state index contributed by atoms with van der Waals surface area (Å²) in [6.45, 7) is 0. The van der Waals surface area contributed by atoms with E-state index in [4.69, 9.17) is 30.3 Å². The van der Waals surface area contributed by atoms with Crippen LogP contribution in [0.3, 0.4) is 0 Å². The largest absolute Gasteiger partial charge is 0.455 e. The van der Waals surface area contributed by atoms with E-state index in [1.807, 2.05) is 72.8 Å². The quantitative estimate of drug-likeness (QED) is 0.181. The standard InChI is InChI=1S/C45H27N3O/c1-2-11-29(12-3-1)36-24-25-38(41-37-16-8-9-17-40(37)49-42(36)41)45-47-43(33-22-18-28-10-4-5-14-32(28)26-33)46-44(48-45)34-23-21-31-20-19-30-13-6-7-15-35(30)39(31)27-34/h1-27H/i1D,2D,3D,8D,9D,11D,12D,17D,25D. The number of hydrogen-bond acceptors (Lipinski definition) is 4. The number of hydrogen-bond donors (Lipinski definition) is 0. The van der Waals surface area contributed by atoms with E-state index in [1.165, 1.54) is 12.1 Å². The predicted molar refractivity (Wildman–Crippen MR) is 201 cm³/mol. The Morgan fingerprint density at radius 2 is 1.08 bits per heavy atom. The number of furan rings is 1. The fraction of sp³-hybridized carbons (Fsp3) is 0. The number of nitrogens with zero attached hydrogens (tertiary/aromatic N) is 3. The van der Waals surface area contributed by atoms with Gasteiger partial charge >= 0.3 is 0 Å². The van der Waals surface area contributed by atoms with E-state index in [9.17, 15) is 1.37 Å². The maximum Gasteiger partial charge on any atom is 0.164 e. The molecule has 0 N–H and O–H groups in total. The number of rotatable bonds is 4. The van der Waals surface area contributed by atoms with Crippen LogP contribution in [0.1, 0.15) is 12.3 Å². The van der Waals surface area contributed by atoms with Crippen LogP contribution in [0.25, 0.3) is 99.5 Å². The van der Waals surface area contributed by atoms with Crippen molar-refractivity contribution in [1.82, 2.24) is 15.0 Å². The highest BCUT2D eigenvalue weighted by molar-refractivity contribution is 6.16. The second kappa shape index (κ2) is 11.0. The highest BCUT2D eigenvalue weighted by Gasteiger charge is 2.21. The molecule has 10 aromatic rings. The van der Waals surface area contributed by atoms with Crippen molar-refractivity contribution in [3.8, 4) is 45.3 Å². The maximum absolute atomic E-state index is 9.56. The zero-order chi connectivity index (χ0) is 40.1. The van der Waals surface area contributed by atoms with Crippen molar-refractivity contribution in [3.05, 3.63) is 164 Å². The summed E-state index contributed by atoms with van der Waals surface area (Å²) in [5.41, 5.74) is 1.26. The third kappa shape index (κ3) is 4.57. The maximum atomic E-state index is 9.56. The lowest BCUT2D eigenvalue weighted by Crippen LogP contribution is -2.01. The SMILES string of the molecule is [2H]c1cc2c(oc3c(-c4c([2H])c([2H])c([2H])c([2H])c4[2H])cc([2H])c(-c4nc(-c5ccc6ccccc6c5)nc(-c5ccc6ccc7ccccc7c6c5)n4)c32)c([2H])c1[2H]. The van der Waals surface area contributed by atoms with E-state index in [0.717, 1.165) is 32.3 Å². The van der Waals surface area contributed by atoms with Gasteiger partial charge in [0.25, 0.3) is 0 Å². The first-order chi connectivity index (χ1) is 28.0. The second-order valence-corrected chi connectivity index (χ2v) is 11.8. The summed E-state index contributed by atoms with van der Waals surface area (Å²) < 4.78 is 84.2. The molecular formula is C45H27N3O. The van der Waals surface area contributed by atoms with Crippen molar-refractivity contribution in [3.63, 3.8) is 0 Å². The molecule has 0 aliphatic heterocycles. The molecule has 0 radical (unpaired) electrons. The van der Waals surface area contributed by atoms with Crippen LogP contribution >= 0.6 is 0 Å². The van der Waals surface area contributed by atoms with E-state index in [1.54, 1.807) is 0 Å². The Morgan fingerprint density at radius 3 is 1.92 bits per heavy atom. The molecule has 49 heavy (non-hydrogen) atoms. The summed E-state index contributed by atoms with van der Waals surface area (Å²) in [5, 5.41) is 6.55. The van der Waals surface area contributed by atoms with Crippen LogP contribution in [-0.4, -0.2) is 15.0 Å². The molecule has 0 saturated carbocycles. The van der Waals surface area contributed by atoms with Crippen molar-refractivity contribution < 1.29 is 16.8 Å². The van der Waals surface area contributed by atoms with Crippen molar-refractivity contribution in [2.75, 3.05) is 0 Å². The summed E-state index contributed by atoms with van der Waals surface area (Å²) in [4.78, 5) is 15.0. The Kier molecular flexibility index (Phi) is 4.45. The summed E-state index contributed by atoms with van der Waals surface area (Å²) >= 11 is 0. The minimum Gasteiger partial charge on any atom is -0.455 e. The van der Waals surface area contributed by atoms with Crippen molar-refractivity contribution in [2.24, 2.45) is 0 Å². The fourth-order valence-corrected chi connectivity index (χ4v) is 6.56. The molecule has 228 valence electrons. The van der Waals surface area contributed by atoms with Gasteiger partial charge < -0.3 is 4.42 Å². The first-order valence-corrected chi connectivity index (χ1v) is 15.7. The van der Waals surface area contributed by atoms with Crippen LogP contribution < -0.4 is 0 Å². The molecule has 0 saturated heterocycles. The molecule has 0 aliphatic rings. The normalized spacial score (nSPS) is 14.2. The summed E-state index contributed by atoms with van der Waals surface area (Å²) in [6, 6.07) is 30.8. The van der Waals surface area contributed by atoms with Crippen LogP contribution in [0.5, 0.6) is 0 Å². The molecular weight excluding hydrogens is 599 g/mol. The molecule has 4 heteroatoms. The van der Waals surface area contributed by atoms with Gasteiger partial charge in [0.2, 0.25) is 0 Å². The smallest absolute Gasteiger partial charge is 0.164 e. The molecule has 0 amide bonds. The van der Waals surface area contributed by atoms with Gasteiger partial charge in [-0.05, 0) is 68.2 Å². The Morgan fingerprint density at radius 1 is 0.429 bits per heavy atom. The van der Waals surface area contributed by atoms with Crippen molar-refractivity contribution in [2.45, 2.75) is 0 Å². The van der Waals surface area contributed by atoms with Crippen LogP contribution in [0.15, 0.2) is 168 Å². The molecule has 10 rings (SSSR count). The molecule has 0 spiro atoms. The molecule has 0 atom stereocenters. The Labute approximate surface area is 294 Å². The lowest BCUT2D eigenvalue weighted by molar-refractivity contribution is 0.670. The van der Waals surface area contributed by atoms with Crippen LogP contribution in [-0.2, 0) is 0 Å². The minimum atomic E-state index is -0.575. The van der Waals surface area contributed by atoms with E-state index in [2.05, 4.69) is 24.3 Å². The number of fused-ring (bicyclic) bond motifs is 7. The first kappa shape index (κ1) is 19.9. The number of benzene rings is 8. The molecule has 0 fully saturated rings. The lowest BCUT2D eigenvalue weighted by Gasteiger charge is -2.12. The van der Waals surface area contributed by atoms with Gasteiger partial charge in [0, 0.05) is 33.0 Å². The fourth-order valence-electron chi connectivity index (χ4n) is 6.56. The van der Waals surface area contributed by atoms with Gasteiger partial charge in [0.15, 0.2) is 17.5 Å². The molecule has 0 unspecified atom stereocenters. The Bertz CT molecular complexity index is 3390.